The SMILES string of the molecule is O=C(CC(=O)c1ccccc1)OOC(=O)CC(=O)c1ccccc1. The third kappa shape index (κ3) is 5.17. The van der Waals surface area contributed by atoms with Crippen molar-refractivity contribution in [2.45, 2.75) is 12.8 Å². The van der Waals surface area contributed by atoms with Crippen LogP contribution < -0.4 is 0 Å². The van der Waals surface area contributed by atoms with Gasteiger partial charge in [-0.3, -0.25) is 9.59 Å². The molecule has 0 fully saturated rings. The number of carbonyl (C=O) groups excluding carboxylic acids is 4. The van der Waals surface area contributed by atoms with Gasteiger partial charge in [-0.2, -0.15) is 0 Å². The zero-order valence-corrected chi connectivity index (χ0v) is 12.6. The summed E-state index contributed by atoms with van der Waals surface area (Å²) in [5.74, 6) is -2.94. The van der Waals surface area contributed by atoms with Gasteiger partial charge < -0.3 is 0 Å². The first-order valence-electron chi connectivity index (χ1n) is 7.13. The molecule has 0 aromatic heterocycles. The molecule has 0 saturated heterocycles. The first kappa shape index (κ1) is 17.1. The van der Waals surface area contributed by atoms with Gasteiger partial charge in [0.1, 0.15) is 12.8 Å². The summed E-state index contributed by atoms with van der Waals surface area (Å²) in [7, 11) is 0. The summed E-state index contributed by atoms with van der Waals surface area (Å²) in [5, 5.41) is 0. The van der Waals surface area contributed by atoms with Crippen LogP contribution in [0, 0.1) is 0 Å². The lowest BCUT2D eigenvalue weighted by Crippen LogP contribution is -2.17. The molecule has 122 valence electrons. The highest BCUT2D eigenvalue weighted by Gasteiger charge is 2.18. The Labute approximate surface area is 137 Å². The Hall–Kier alpha value is -3.28. The predicted octanol–water partition coefficient (Wildman–Crippen LogP) is 2.53. The quantitative estimate of drug-likeness (QED) is 0.351. The highest BCUT2D eigenvalue weighted by atomic mass is 17.2. The summed E-state index contributed by atoms with van der Waals surface area (Å²) >= 11 is 0. The fraction of sp³-hybridized carbons (Fsp3) is 0.111. The molecule has 0 amide bonds. The molecule has 2 rings (SSSR count). The maximum atomic E-state index is 11.8. The van der Waals surface area contributed by atoms with Gasteiger partial charge in [-0.1, -0.05) is 60.7 Å². The largest absolute Gasteiger partial charge is 0.363 e. The lowest BCUT2D eigenvalue weighted by atomic mass is 10.1. The van der Waals surface area contributed by atoms with Crippen molar-refractivity contribution in [2.24, 2.45) is 0 Å². The standard InChI is InChI=1S/C18H14O6/c19-15(13-7-3-1-4-8-13)11-17(21)23-24-18(22)12-16(20)14-9-5-2-6-10-14/h1-10H,11-12H2. The van der Waals surface area contributed by atoms with Gasteiger partial charge in [-0.15, -0.1) is 0 Å². The van der Waals surface area contributed by atoms with Crippen LogP contribution in [0.2, 0.25) is 0 Å². The van der Waals surface area contributed by atoms with E-state index in [-0.39, 0.29) is 0 Å². The van der Waals surface area contributed by atoms with Gasteiger partial charge in [0.2, 0.25) is 0 Å². The zero-order valence-electron chi connectivity index (χ0n) is 12.6. The highest BCUT2D eigenvalue weighted by molar-refractivity contribution is 6.07. The van der Waals surface area contributed by atoms with E-state index >= 15 is 0 Å². The Morgan fingerprint density at radius 1 is 0.583 bits per heavy atom. The minimum atomic E-state index is -1.01. The zero-order chi connectivity index (χ0) is 17.4. The molecule has 6 heteroatoms. The maximum absolute atomic E-state index is 11.8. The van der Waals surface area contributed by atoms with Crippen LogP contribution >= 0.6 is 0 Å². The van der Waals surface area contributed by atoms with Crippen LogP contribution in [0.4, 0.5) is 0 Å². The Balaban J connectivity index is 1.76. The molecule has 24 heavy (non-hydrogen) atoms. The summed E-state index contributed by atoms with van der Waals surface area (Å²) < 4.78 is 0. The second-order valence-electron chi connectivity index (χ2n) is 4.84. The van der Waals surface area contributed by atoms with E-state index < -0.39 is 36.3 Å². The van der Waals surface area contributed by atoms with Gasteiger partial charge in [-0.05, 0) is 0 Å². The molecule has 0 atom stereocenters. The minimum Gasteiger partial charge on any atom is -0.294 e. The third-order valence-corrected chi connectivity index (χ3v) is 3.03. The maximum Gasteiger partial charge on any atom is 0.363 e. The number of hydrogen-bond acceptors (Lipinski definition) is 6. The van der Waals surface area contributed by atoms with Crippen molar-refractivity contribution in [3.05, 3.63) is 71.8 Å². The molecule has 0 bridgehead atoms. The van der Waals surface area contributed by atoms with Gasteiger partial charge in [-0.25, -0.2) is 19.4 Å². The molecule has 0 saturated carbocycles. The van der Waals surface area contributed by atoms with Crippen LogP contribution in [-0.2, 0) is 19.4 Å². The molecule has 0 radical (unpaired) electrons. The minimum absolute atomic E-state index is 0.347. The average molecular weight is 326 g/mol. The fourth-order valence-corrected chi connectivity index (χ4v) is 1.87. The van der Waals surface area contributed by atoms with Crippen LogP contribution in [0.25, 0.3) is 0 Å². The van der Waals surface area contributed by atoms with E-state index in [0.29, 0.717) is 11.1 Å². The summed E-state index contributed by atoms with van der Waals surface area (Å²) in [5.41, 5.74) is 0.695. The molecule has 0 aliphatic rings. The van der Waals surface area contributed by atoms with Gasteiger partial charge in [0.25, 0.3) is 0 Å². The Morgan fingerprint density at radius 2 is 0.917 bits per heavy atom. The highest BCUT2D eigenvalue weighted by Crippen LogP contribution is 2.06. The van der Waals surface area contributed by atoms with Crippen LogP contribution in [0.1, 0.15) is 33.6 Å². The molecule has 0 unspecified atom stereocenters. The molecular weight excluding hydrogens is 312 g/mol. The normalized spacial score (nSPS) is 9.83. The number of carbonyl (C=O) groups is 4. The van der Waals surface area contributed by atoms with E-state index in [4.69, 9.17) is 0 Å². The molecule has 0 aliphatic carbocycles. The molecule has 0 N–H and O–H groups in total. The van der Waals surface area contributed by atoms with Crippen molar-refractivity contribution in [3.8, 4) is 0 Å². The van der Waals surface area contributed by atoms with Crippen molar-refractivity contribution in [2.75, 3.05) is 0 Å². The second-order valence-corrected chi connectivity index (χ2v) is 4.84. The Bertz CT molecular complexity index is 671. The molecule has 2 aromatic carbocycles. The number of hydrogen-bond donors (Lipinski definition) is 0. The van der Waals surface area contributed by atoms with E-state index in [9.17, 15) is 19.2 Å². The Kier molecular flexibility index (Phi) is 5.96. The fourth-order valence-electron chi connectivity index (χ4n) is 1.87. The topological polar surface area (TPSA) is 86.7 Å². The molecular formula is C18H14O6. The lowest BCUT2D eigenvalue weighted by Gasteiger charge is -2.03. The smallest absolute Gasteiger partial charge is 0.294 e. The van der Waals surface area contributed by atoms with Gasteiger partial charge in [0.05, 0.1) is 0 Å². The van der Waals surface area contributed by atoms with E-state index in [0.717, 1.165) is 0 Å². The predicted molar refractivity (Wildman–Crippen MR) is 83.0 cm³/mol. The van der Waals surface area contributed by atoms with Crippen LogP contribution in [0.3, 0.4) is 0 Å². The first-order valence-corrected chi connectivity index (χ1v) is 7.13. The first-order chi connectivity index (χ1) is 11.6. The van der Waals surface area contributed by atoms with Crippen LogP contribution in [0.5, 0.6) is 0 Å². The number of benzene rings is 2. The van der Waals surface area contributed by atoms with Crippen molar-refractivity contribution in [1.29, 1.82) is 0 Å². The molecule has 6 nitrogen and oxygen atoms in total. The van der Waals surface area contributed by atoms with Gasteiger partial charge in [0.15, 0.2) is 11.6 Å². The summed E-state index contributed by atoms with van der Waals surface area (Å²) in [6, 6.07) is 16.3. The van der Waals surface area contributed by atoms with E-state index in [1.54, 1.807) is 60.7 Å². The number of ketones is 2. The van der Waals surface area contributed by atoms with Gasteiger partial charge >= 0.3 is 11.9 Å². The number of rotatable bonds is 6. The monoisotopic (exact) mass is 326 g/mol. The summed E-state index contributed by atoms with van der Waals surface area (Å²) in [6.45, 7) is 0. The van der Waals surface area contributed by atoms with E-state index in [1.165, 1.54) is 0 Å². The van der Waals surface area contributed by atoms with Crippen molar-refractivity contribution in [3.63, 3.8) is 0 Å². The summed E-state index contributed by atoms with van der Waals surface area (Å²) in [4.78, 5) is 55.0. The average Bonchev–Trinajstić information content (AvgIpc) is 2.61. The lowest BCUT2D eigenvalue weighted by molar-refractivity contribution is -0.257. The Morgan fingerprint density at radius 3 is 1.25 bits per heavy atom. The summed E-state index contributed by atoms with van der Waals surface area (Å²) in [6.07, 6.45) is -1.13. The van der Waals surface area contributed by atoms with Gasteiger partial charge in [0, 0.05) is 11.1 Å². The second kappa shape index (κ2) is 8.38. The van der Waals surface area contributed by atoms with Crippen molar-refractivity contribution in [1.82, 2.24) is 0 Å². The molecule has 0 heterocycles. The van der Waals surface area contributed by atoms with Crippen molar-refractivity contribution < 1.29 is 29.0 Å². The molecule has 2 aromatic rings. The van der Waals surface area contributed by atoms with Crippen LogP contribution in [0.15, 0.2) is 60.7 Å². The van der Waals surface area contributed by atoms with Crippen LogP contribution in [-0.4, -0.2) is 23.5 Å². The van der Waals surface area contributed by atoms with E-state index in [2.05, 4.69) is 9.78 Å². The third-order valence-electron chi connectivity index (χ3n) is 3.03. The molecule has 0 spiro atoms. The number of Topliss-reactive ketones (excluding diaryl/α,β-unsaturated/α-hetero) is 2. The molecule has 0 aliphatic heterocycles. The van der Waals surface area contributed by atoms with E-state index in [1.807, 2.05) is 0 Å². The van der Waals surface area contributed by atoms with Crippen molar-refractivity contribution >= 4 is 23.5 Å².